The zero-order valence-corrected chi connectivity index (χ0v) is 16.5. The molecule has 1 aromatic rings. The Labute approximate surface area is 149 Å². The van der Waals surface area contributed by atoms with Gasteiger partial charge in [0.1, 0.15) is 0 Å². The smallest absolute Gasteiger partial charge is 0.244 e. The number of hydrogen-bond donors (Lipinski definition) is 2. The minimum Gasteiger partial charge on any atom is -0.395 e. The summed E-state index contributed by atoms with van der Waals surface area (Å²) >= 11 is 0. The molecule has 0 saturated carbocycles. The summed E-state index contributed by atoms with van der Waals surface area (Å²) in [6.45, 7) is 6.29. The molecule has 1 aliphatic heterocycles. The van der Waals surface area contributed by atoms with E-state index in [9.17, 15) is 27.0 Å². The van der Waals surface area contributed by atoms with Gasteiger partial charge in [-0.05, 0) is 49.9 Å². The van der Waals surface area contributed by atoms with Crippen molar-refractivity contribution in [3.8, 4) is 0 Å². The molecular weight excluding hydrogens is 366 g/mol. The lowest BCUT2D eigenvalue weighted by atomic mass is 10.0. The lowest BCUT2D eigenvalue weighted by Crippen LogP contribution is -2.48. The molecule has 2 N–H and O–H groups in total. The first kappa shape index (κ1) is 20.3. The molecule has 2 rings (SSSR count). The third-order valence-electron chi connectivity index (χ3n) is 4.85. The molecule has 0 aliphatic carbocycles. The maximum atomic E-state index is 13.3. The topological polar surface area (TPSA) is 112 Å². The molecule has 0 aromatic heterocycles. The molecule has 0 unspecified atom stereocenters. The summed E-state index contributed by atoms with van der Waals surface area (Å²) in [5, 5.41) is 19.4. The molecule has 1 aromatic carbocycles. The second-order valence-electron chi connectivity index (χ2n) is 6.64. The van der Waals surface area contributed by atoms with Gasteiger partial charge in [0.05, 0.1) is 35.2 Å². The molecule has 1 saturated heterocycles. The Hall–Kier alpha value is -1.00. The van der Waals surface area contributed by atoms with Gasteiger partial charge in [0.15, 0.2) is 9.84 Å². The van der Waals surface area contributed by atoms with E-state index in [4.69, 9.17) is 0 Å². The lowest BCUT2D eigenvalue weighted by Gasteiger charge is -2.30. The molecule has 1 heterocycles. The summed E-state index contributed by atoms with van der Waals surface area (Å²) in [6, 6.07) is 0.802. The van der Waals surface area contributed by atoms with Crippen molar-refractivity contribution in [3.63, 3.8) is 0 Å². The predicted molar refractivity (Wildman–Crippen MR) is 94.8 cm³/mol. The number of hydrogen-bond acceptors (Lipinski definition) is 6. The molecule has 0 amide bonds. The molecule has 1 aliphatic rings. The van der Waals surface area contributed by atoms with Crippen molar-refractivity contribution in [1.29, 1.82) is 0 Å². The molecule has 0 spiro atoms. The predicted octanol–water partition coefficient (Wildman–Crippen LogP) is 0.0612. The molecule has 2 atom stereocenters. The van der Waals surface area contributed by atoms with Gasteiger partial charge >= 0.3 is 0 Å². The van der Waals surface area contributed by atoms with E-state index in [1.807, 2.05) is 19.9 Å². The highest BCUT2D eigenvalue weighted by atomic mass is 32.2. The van der Waals surface area contributed by atoms with Crippen LogP contribution in [0.2, 0.25) is 0 Å². The maximum absolute atomic E-state index is 13.3. The van der Waals surface area contributed by atoms with Gasteiger partial charge in [-0.15, -0.1) is 0 Å². The van der Waals surface area contributed by atoms with Crippen LogP contribution in [0.4, 0.5) is 0 Å². The first-order valence-corrected chi connectivity index (χ1v) is 11.3. The van der Waals surface area contributed by atoms with Crippen LogP contribution in [0.3, 0.4) is 0 Å². The van der Waals surface area contributed by atoms with Crippen molar-refractivity contribution in [2.45, 2.75) is 44.7 Å². The largest absolute Gasteiger partial charge is 0.395 e. The standard InChI is InChI=1S/C16H25NO6S2/c1-10-7-11(2)13(4)16(12(10)3)25(22,23)17(5-6-18)14-8-24(20,21)9-15(14)19/h7,14-15,18-19H,5-6,8-9H2,1-4H3/t14-,15+/m1/s1. The third kappa shape index (κ3) is 3.75. The van der Waals surface area contributed by atoms with Crippen molar-refractivity contribution < 1.29 is 27.0 Å². The summed E-state index contributed by atoms with van der Waals surface area (Å²) in [7, 11) is -7.61. The fourth-order valence-electron chi connectivity index (χ4n) is 3.33. The van der Waals surface area contributed by atoms with E-state index in [0.717, 1.165) is 15.4 Å². The van der Waals surface area contributed by atoms with Gasteiger partial charge in [-0.25, -0.2) is 16.8 Å². The number of rotatable bonds is 5. The van der Waals surface area contributed by atoms with Crippen LogP contribution in [0.15, 0.2) is 11.0 Å². The van der Waals surface area contributed by atoms with Crippen LogP contribution in [0.1, 0.15) is 22.3 Å². The molecule has 1 fully saturated rings. The van der Waals surface area contributed by atoms with Gasteiger partial charge in [-0.1, -0.05) is 6.07 Å². The van der Waals surface area contributed by atoms with Crippen LogP contribution in [-0.2, 0) is 19.9 Å². The van der Waals surface area contributed by atoms with E-state index in [2.05, 4.69) is 0 Å². The number of aliphatic hydroxyl groups is 2. The molecule has 7 nitrogen and oxygen atoms in total. The SMILES string of the molecule is Cc1cc(C)c(C)c(S(=O)(=O)N(CCO)[C@@H]2CS(=O)(=O)C[C@@H]2O)c1C. The zero-order valence-electron chi connectivity index (χ0n) is 14.9. The van der Waals surface area contributed by atoms with E-state index in [-0.39, 0.29) is 11.4 Å². The monoisotopic (exact) mass is 391 g/mol. The molecule has 25 heavy (non-hydrogen) atoms. The van der Waals surface area contributed by atoms with Crippen molar-refractivity contribution in [2.24, 2.45) is 0 Å². The van der Waals surface area contributed by atoms with Crippen molar-refractivity contribution in [1.82, 2.24) is 4.31 Å². The number of benzene rings is 1. The van der Waals surface area contributed by atoms with Gasteiger partial charge < -0.3 is 10.2 Å². The summed E-state index contributed by atoms with van der Waals surface area (Å²) in [4.78, 5) is 0.120. The van der Waals surface area contributed by atoms with Gasteiger partial charge in [-0.2, -0.15) is 4.31 Å². The Morgan fingerprint density at radius 3 is 2.04 bits per heavy atom. The Morgan fingerprint density at radius 1 is 1.12 bits per heavy atom. The average molecular weight is 392 g/mol. The molecular formula is C16H25NO6S2. The number of aliphatic hydroxyl groups excluding tert-OH is 2. The van der Waals surface area contributed by atoms with Gasteiger partial charge in [-0.3, -0.25) is 0 Å². The molecule has 0 radical (unpaired) electrons. The van der Waals surface area contributed by atoms with E-state index in [0.29, 0.717) is 11.1 Å². The van der Waals surface area contributed by atoms with Crippen LogP contribution in [-0.4, -0.2) is 68.2 Å². The number of sulfone groups is 1. The Bertz CT molecular complexity index is 850. The molecule has 9 heteroatoms. The third-order valence-corrected chi connectivity index (χ3v) is 8.75. The van der Waals surface area contributed by atoms with Crippen LogP contribution in [0.25, 0.3) is 0 Å². The fourth-order valence-corrected chi connectivity index (χ4v) is 7.45. The van der Waals surface area contributed by atoms with Gasteiger partial charge in [0.25, 0.3) is 0 Å². The highest BCUT2D eigenvalue weighted by Gasteiger charge is 2.45. The van der Waals surface area contributed by atoms with Gasteiger partial charge in [0.2, 0.25) is 10.0 Å². The first-order chi connectivity index (χ1) is 11.4. The zero-order chi connectivity index (χ0) is 19.2. The Balaban J connectivity index is 2.63. The minimum atomic E-state index is -4.09. The quantitative estimate of drug-likeness (QED) is 0.734. The summed E-state index contributed by atoms with van der Waals surface area (Å²) < 4.78 is 51.2. The average Bonchev–Trinajstić information content (AvgIpc) is 2.75. The van der Waals surface area contributed by atoms with Crippen molar-refractivity contribution >= 4 is 19.9 Å². The van der Waals surface area contributed by atoms with Crippen molar-refractivity contribution in [3.05, 3.63) is 28.3 Å². The van der Waals surface area contributed by atoms with Gasteiger partial charge in [0, 0.05) is 6.54 Å². The van der Waals surface area contributed by atoms with Crippen LogP contribution < -0.4 is 0 Å². The van der Waals surface area contributed by atoms with Crippen molar-refractivity contribution in [2.75, 3.05) is 24.7 Å². The second-order valence-corrected chi connectivity index (χ2v) is 10.6. The van der Waals surface area contributed by atoms with E-state index in [1.165, 1.54) is 0 Å². The number of sulfonamides is 1. The van der Waals surface area contributed by atoms with Crippen LogP contribution in [0, 0.1) is 27.7 Å². The number of nitrogens with zero attached hydrogens (tertiary/aromatic N) is 1. The highest BCUT2D eigenvalue weighted by Crippen LogP contribution is 2.31. The minimum absolute atomic E-state index is 0.120. The molecule has 142 valence electrons. The van der Waals surface area contributed by atoms with Crippen LogP contribution in [0.5, 0.6) is 0 Å². The normalized spacial score (nSPS) is 23.3. The summed E-state index contributed by atoms with van der Waals surface area (Å²) in [5.74, 6) is -0.920. The molecule has 0 bridgehead atoms. The maximum Gasteiger partial charge on any atom is 0.244 e. The lowest BCUT2D eigenvalue weighted by molar-refractivity contribution is 0.117. The summed E-state index contributed by atoms with van der Waals surface area (Å²) in [5.41, 5.74) is 2.79. The fraction of sp³-hybridized carbons (Fsp3) is 0.625. The van der Waals surface area contributed by atoms with E-state index >= 15 is 0 Å². The first-order valence-electron chi connectivity index (χ1n) is 8.01. The highest BCUT2D eigenvalue weighted by molar-refractivity contribution is 7.92. The number of aryl methyl sites for hydroxylation is 2. The Morgan fingerprint density at radius 2 is 1.64 bits per heavy atom. The second kappa shape index (κ2) is 6.96. The van der Waals surface area contributed by atoms with E-state index < -0.39 is 50.1 Å². The van der Waals surface area contributed by atoms with E-state index in [1.54, 1.807) is 13.8 Å². The van der Waals surface area contributed by atoms with Crippen LogP contribution >= 0.6 is 0 Å². The summed E-state index contributed by atoms with van der Waals surface area (Å²) in [6.07, 6.45) is -1.31. The Kier molecular flexibility index (Phi) is 5.65.